The first-order valence-corrected chi connectivity index (χ1v) is 10.1. The minimum Gasteiger partial charge on any atom is -0.508 e. The average molecular weight is 395 g/mol. The van der Waals surface area contributed by atoms with E-state index in [9.17, 15) is 14.7 Å². The monoisotopic (exact) mass is 395 g/mol. The summed E-state index contributed by atoms with van der Waals surface area (Å²) in [4.78, 5) is 31.7. The Balaban J connectivity index is 1.84. The molecule has 6 heteroatoms. The van der Waals surface area contributed by atoms with Crippen LogP contribution < -0.4 is 0 Å². The number of aliphatic imine (C=N–C) groups is 1. The lowest BCUT2D eigenvalue weighted by Crippen LogP contribution is -2.37. The molecule has 2 aromatic rings. The lowest BCUT2D eigenvalue weighted by Gasteiger charge is -2.36. The first-order valence-electron chi connectivity index (χ1n) is 9.21. The Kier molecular flexibility index (Phi) is 4.89. The maximum atomic E-state index is 13.2. The maximum Gasteiger partial charge on any atom is 0.315 e. The third kappa shape index (κ3) is 3.18. The predicted molar refractivity (Wildman–Crippen MR) is 108 cm³/mol. The van der Waals surface area contributed by atoms with Gasteiger partial charge in [0.2, 0.25) is 0 Å². The van der Waals surface area contributed by atoms with E-state index in [1.165, 1.54) is 12.0 Å². The van der Waals surface area contributed by atoms with E-state index in [2.05, 4.69) is 11.1 Å². The second-order valence-electron chi connectivity index (χ2n) is 7.23. The van der Waals surface area contributed by atoms with Crippen LogP contribution in [0.4, 0.5) is 0 Å². The van der Waals surface area contributed by atoms with Gasteiger partial charge in [0.25, 0.3) is 0 Å². The minimum absolute atomic E-state index is 0.0122. The van der Waals surface area contributed by atoms with Crippen LogP contribution in [0, 0.1) is 5.92 Å². The van der Waals surface area contributed by atoms with Crippen molar-refractivity contribution in [3.8, 4) is 5.75 Å². The van der Waals surface area contributed by atoms with Gasteiger partial charge >= 0.3 is 5.97 Å². The Morgan fingerprint density at radius 2 is 2.07 bits per heavy atom. The average Bonchev–Trinajstić information content (AvgIpc) is 3.21. The molecule has 1 aliphatic heterocycles. The number of thiophene rings is 1. The molecule has 1 N–H and O–H groups in total. The van der Waals surface area contributed by atoms with E-state index in [4.69, 9.17) is 4.74 Å². The molecule has 0 radical (unpaired) electrons. The Bertz CT molecular complexity index is 990. The first kappa shape index (κ1) is 18.6. The molecular formula is C22H21NO4S. The molecule has 1 aliphatic carbocycles. The van der Waals surface area contributed by atoms with Crippen molar-refractivity contribution in [3.63, 3.8) is 0 Å². The van der Waals surface area contributed by atoms with E-state index in [1.54, 1.807) is 36.5 Å². The minimum atomic E-state index is -0.673. The number of benzene rings is 1. The van der Waals surface area contributed by atoms with Gasteiger partial charge in [-0.2, -0.15) is 0 Å². The molecule has 0 bridgehead atoms. The maximum absolute atomic E-state index is 13.2. The highest BCUT2D eigenvalue weighted by molar-refractivity contribution is 7.10. The molecule has 2 heterocycles. The van der Waals surface area contributed by atoms with Gasteiger partial charge in [0, 0.05) is 40.1 Å². The molecular weight excluding hydrogens is 374 g/mol. The van der Waals surface area contributed by atoms with Crippen LogP contribution in [0.5, 0.6) is 5.75 Å². The molecule has 0 saturated carbocycles. The quantitative estimate of drug-likeness (QED) is 0.790. The number of phenols is 1. The van der Waals surface area contributed by atoms with Gasteiger partial charge in [0.15, 0.2) is 5.78 Å². The molecule has 2 aliphatic rings. The van der Waals surface area contributed by atoms with E-state index in [0.717, 1.165) is 11.3 Å². The van der Waals surface area contributed by atoms with E-state index in [1.807, 2.05) is 17.5 Å². The van der Waals surface area contributed by atoms with Crippen LogP contribution in [-0.4, -0.2) is 29.7 Å². The van der Waals surface area contributed by atoms with Crippen molar-refractivity contribution >= 4 is 28.8 Å². The van der Waals surface area contributed by atoms with E-state index < -0.39 is 17.8 Å². The number of methoxy groups -OCH3 is 1. The molecule has 28 heavy (non-hydrogen) atoms. The highest BCUT2D eigenvalue weighted by Gasteiger charge is 2.44. The van der Waals surface area contributed by atoms with Crippen LogP contribution in [0.1, 0.15) is 42.0 Å². The van der Waals surface area contributed by atoms with Crippen LogP contribution in [-0.2, 0) is 14.3 Å². The van der Waals surface area contributed by atoms with Gasteiger partial charge in [-0.1, -0.05) is 18.2 Å². The van der Waals surface area contributed by atoms with E-state index >= 15 is 0 Å². The van der Waals surface area contributed by atoms with Gasteiger partial charge in [0.05, 0.1) is 7.11 Å². The molecule has 1 aromatic heterocycles. The molecule has 0 saturated heterocycles. The second kappa shape index (κ2) is 7.36. The number of phenolic OH excluding ortho intramolecular Hbond substituents is 1. The number of carbonyl (C=O) groups excluding carboxylic acids is 2. The standard InChI is InChI=1S/C22H21NO4S/c1-12-19(22(26)27-2)20(13-5-3-6-15(24)9-13)21-16(23-12)10-14(11-17(21)25)18-7-4-8-28-18/h3-9,14,19-20,24H,10-11H2,1-2H3/t14-,19?,20-/m0/s1. The zero-order valence-corrected chi connectivity index (χ0v) is 16.5. The molecule has 0 spiro atoms. The summed E-state index contributed by atoms with van der Waals surface area (Å²) in [6, 6.07) is 10.8. The number of hydrogen-bond donors (Lipinski definition) is 1. The topological polar surface area (TPSA) is 76.0 Å². The van der Waals surface area contributed by atoms with Gasteiger partial charge < -0.3 is 9.84 Å². The highest BCUT2D eigenvalue weighted by atomic mass is 32.1. The molecule has 144 valence electrons. The number of esters is 1. The van der Waals surface area contributed by atoms with Crippen molar-refractivity contribution in [2.24, 2.45) is 10.9 Å². The van der Waals surface area contributed by atoms with Gasteiger partial charge in [-0.05, 0) is 42.5 Å². The van der Waals surface area contributed by atoms with Crippen molar-refractivity contribution < 1.29 is 19.4 Å². The van der Waals surface area contributed by atoms with Crippen LogP contribution >= 0.6 is 11.3 Å². The Hall–Kier alpha value is -2.73. The summed E-state index contributed by atoms with van der Waals surface area (Å²) in [6.07, 6.45) is 1.07. The number of allylic oxidation sites excluding steroid dienone is 2. The highest BCUT2D eigenvalue weighted by Crippen LogP contribution is 2.47. The number of ether oxygens (including phenoxy) is 1. The van der Waals surface area contributed by atoms with Gasteiger partial charge in [0.1, 0.15) is 11.7 Å². The third-order valence-corrected chi connectivity index (χ3v) is 6.55. The first-order chi connectivity index (χ1) is 13.5. The predicted octanol–water partition coefficient (Wildman–Crippen LogP) is 4.20. The molecule has 0 amide bonds. The Morgan fingerprint density at radius 1 is 1.25 bits per heavy atom. The zero-order valence-electron chi connectivity index (χ0n) is 15.7. The van der Waals surface area contributed by atoms with Gasteiger partial charge in [-0.3, -0.25) is 14.6 Å². The largest absolute Gasteiger partial charge is 0.508 e. The summed E-state index contributed by atoms with van der Waals surface area (Å²) in [5, 5.41) is 12.0. The number of rotatable bonds is 3. The fourth-order valence-corrected chi connectivity index (χ4v) is 5.13. The summed E-state index contributed by atoms with van der Waals surface area (Å²) in [5.74, 6) is -1.37. The summed E-state index contributed by atoms with van der Waals surface area (Å²) in [5.41, 5.74) is 2.69. The normalized spacial score (nSPS) is 24.6. The van der Waals surface area contributed by atoms with Crippen molar-refractivity contribution in [1.29, 1.82) is 0 Å². The summed E-state index contributed by atoms with van der Waals surface area (Å²) < 4.78 is 5.02. The number of carbonyl (C=O) groups is 2. The number of Topliss-reactive ketones (excluding diaryl/α,β-unsaturated/α-hetero) is 1. The van der Waals surface area contributed by atoms with E-state index in [0.29, 0.717) is 24.1 Å². The van der Waals surface area contributed by atoms with Crippen LogP contribution in [0.2, 0.25) is 0 Å². The fourth-order valence-electron chi connectivity index (χ4n) is 4.30. The number of aromatic hydroxyl groups is 1. The van der Waals surface area contributed by atoms with Crippen LogP contribution in [0.25, 0.3) is 0 Å². The molecule has 5 nitrogen and oxygen atoms in total. The summed E-state index contributed by atoms with van der Waals surface area (Å²) in [6.45, 7) is 1.81. The summed E-state index contributed by atoms with van der Waals surface area (Å²) >= 11 is 1.65. The van der Waals surface area contributed by atoms with E-state index in [-0.39, 0.29) is 17.5 Å². The number of hydrogen-bond acceptors (Lipinski definition) is 6. The molecule has 1 aromatic carbocycles. The number of ketones is 1. The second-order valence-corrected chi connectivity index (χ2v) is 8.21. The smallest absolute Gasteiger partial charge is 0.315 e. The molecule has 1 unspecified atom stereocenters. The van der Waals surface area contributed by atoms with Gasteiger partial charge in [-0.15, -0.1) is 11.3 Å². The Labute approximate surface area is 167 Å². The molecule has 4 rings (SSSR count). The Morgan fingerprint density at radius 3 is 2.75 bits per heavy atom. The molecule has 3 atom stereocenters. The van der Waals surface area contributed by atoms with Crippen molar-refractivity contribution in [1.82, 2.24) is 0 Å². The zero-order chi connectivity index (χ0) is 19.8. The van der Waals surface area contributed by atoms with Crippen LogP contribution in [0.3, 0.4) is 0 Å². The number of nitrogens with zero attached hydrogens (tertiary/aromatic N) is 1. The summed E-state index contributed by atoms with van der Waals surface area (Å²) in [7, 11) is 1.34. The fraction of sp³-hybridized carbons (Fsp3) is 0.318. The molecule has 0 fully saturated rings. The van der Waals surface area contributed by atoms with Crippen LogP contribution in [0.15, 0.2) is 58.0 Å². The third-order valence-electron chi connectivity index (χ3n) is 5.52. The van der Waals surface area contributed by atoms with Gasteiger partial charge in [-0.25, -0.2) is 0 Å². The lowest BCUT2D eigenvalue weighted by molar-refractivity contribution is -0.143. The SMILES string of the molecule is COC(=O)C1C(C)=NC2=C(C(=O)C[C@@H](c3cccs3)C2)[C@H]1c1cccc(O)c1. The lowest BCUT2D eigenvalue weighted by atomic mass is 9.70. The van der Waals surface area contributed by atoms with Crippen molar-refractivity contribution in [3.05, 3.63) is 63.5 Å². The van der Waals surface area contributed by atoms with Crippen molar-refractivity contribution in [2.75, 3.05) is 7.11 Å². The van der Waals surface area contributed by atoms with Crippen molar-refractivity contribution in [2.45, 2.75) is 31.6 Å².